The Hall–Kier alpha value is -1.81. The lowest BCUT2D eigenvalue weighted by Crippen LogP contribution is -2.05. The van der Waals surface area contributed by atoms with E-state index in [2.05, 4.69) is 36.3 Å². The molecule has 0 saturated heterocycles. The largest absolute Gasteiger partial charge is 0.325 e. The number of rotatable bonds is 4. The van der Waals surface area contributed by atoms with Crippen molar-refractivity contribution >= 4 is 23.2 Å². The van der Waals surface area contributed by atoms with Gasteiger partial charge in [0.1, 0.15) is 0 Å². The third-order valence-electron chi connectivity index (χ3n) is 3.65. The fourth-order valence-electron chi connectivity index (χ4n) is 2.59. The number of nitrogens with two attached hydrogens (primary N) is 1. The minimum atomic E-state index is 0.388. The molecule has 0 bridgehead atoms. The van der Waals surface area contributed by atoms with Crippen molar-refractivity contribution in [2.24, 2.45) is 5.73 Å². The van der Waals surface area contributed by atoms with Gasteiger partial charge in [0.15, 0.2) is 0 Å². The van der Waals surface area contributed by atoms with Crippen LogP contribution in [-0.4, -0.2) is 9.78 Å². The Morgan fingerprint density at radius 1 is 1.09 bits per heavy atom. The molecular formula is C18H17Cl2N3. The predicted molar refractivity (Wildman–Crippen MR) is 95.5 cm³/mol. The Kier molecular flexibility index (Phi) is 4.71. The van der Waals surface area contributed by atoms with Gasteiger partial charge in [0.25, 0.3) is 0 Å². The lowest BCUT2D eigenvalue weighted by Gasteiger charge is -2.10. The van der Waals surface area contributed by atoms with Crippen molar-refractivity contribution in [2.45, 2.75) is 19.9 Å². The molecule has 0 spiro atoms. The van der Waals surface area contributed by atoms with E-state index in [1.807, 2.05) is 22.9 Å². The van der Waals surface area contributed by atoms with Crippen LogP contribution in [0.25, 0.3) is 5.69 Å². The Labute approximate surface area is 145 Å². The van der Waals surface area contributed by atoms with Crippen molar-refractivity contribution in [3.8, 4) is 5.69 Å². The van der Waals surface area contributed by atoms with Crippen molar-refractivity contribution in [1.82, 2.24) is 9.78 Å². The zero-order valence-electron chi connectivity index (χ0n) is 12.8. The molecule has 1 heterocycles. The second kappa shape index (κ2) is 6.75. The van der Waals surface area contributed by atoms with Crippen LogP contribution in [0, 0.1) is 6.92 Å². The number of hydrogen-bond acceptors (Lipinski definition) is 2. The highest BCUT2D eigenvalue weighted by Crippen LogP contribution is 2.26. The van der Waals surface area contributed by atoms with Gasteiger partial charge >= 0.3 is 0 Å². The van der Waals surface area contributed by atoms with Gasteiger partial charge in [-0.3, -0.25) is 0 Å². The number of benzene rings is 2. The second-order valence-electron chi connectivity index (χ2n) is 5.50. The van der Waals surface area contributed by atoms with Crippen LogP contribution in [0.15, 0.2) is 48.5 Å². The molecule has 0 aliphatic carbocycles. The Morgan fingerprint density at radius 3 is 2.61 bits per heavy atom. The molecule has 3 nitrogen and oxygen atoms in total. The van der Waals surface area contributed by atoms with E-state index in [0.29, 0.717) is 16.6 Å². The third-order valence-corrected chi connectivity index (χ3v) is 4.19. The molecule has 2 aromatic carbocycles. The van der Waals surface area contributed by atoms with Crippen LogP contribution in [0.5, 0.6) is 0 Å². The van der Waals surface area contributed by atoms with Crippen LogP contribution in [0.3, 0.4) is 0 Å². The average Bonchev–Trinajstić information content (AvgIpc) is 2.90. The first-order chi connectivity index (χ1) is 11.1. The first-order valence-electron chi connectivity index (χ1n) is 7.35. The zero-order valence-corrected chi connectivity index (χ0v) is 14.3. The van der Waals surface area contributed by atoms with E-state index >= 15 is 0 Å². The molecule has 0 saturated carbocycles. The van der Waals surface area contributed by atoms with Crippen molar-refractivity contribution in [1.29, 1.82) is 0 Å². The lowest BCUT2D eigenvalue weighted by atomic mass is 10.1. The van der Waals surface area contributed by atoms with Gasteiger partial charge in [-0.1, -0.05) is 53.0 Å². The minimum absolute atomic E-state index is 0.388. The molecule has 0 amide bonds. The molecule has 3 rings (SSSR count). The van der Waals surface area contributed by atoms with Crippen molar-refractivity contribution in [3.63, 3.8) is 0 Å². The van der Waals surface area contributed by atoms with Gasteiger partial charge in [0, 0.05) is 23.7 Å². The maximum absolute atomic E-state index is 6.34. The van der Waals surface area contributed by atoms with E-state index in [9.17, 15) is 0 Å². The molecule has 0 atom stereocenters. The number of hydrogen-bond donors (Lipinski definition) is 1. The average molecular weight is 346 g/mol. The molecule has 0 radical (unpaired) electrons. The summed E-state index contributed by atoms with van der Waals surface area (Å²) in [5.74, 6) is 0. The monoisotopic (exact) mass is 345 g/mol. The molecular weight excluding hydrogens is 329 g/mol. The van der Waals surface area contributed by atoms with Crippen LogP contribution >= 0.6 is 23.2 Å². The topological polar surface area (TPSA) is 43.8 Å². The quantitative estimate of drug-likeness (QED) is 0.754. The summed E-state index contributed by atoms with van der Waals surface area (Å²) in [6.07, 6.45) is 0.758. The fraction of sp³-hybridized carbons (Fsp3) is 0.167. The van der Waals surface area contributed by atoms with Crippen LogP contribution in [0.2, 0.25) is 10.0 Å². The standard InChI is InChI=1S/C18H17Cl2N3/c1-12-3-2-4-13(7-12)8-16-10-15(11-21)22-23(16)18-6-5-14(19)9-17(18)20/h2-7,9-10H,8,11,21H2,1H3. The van der Waals surface area contributed by atoms with Crippen molar-refractivity contribution in [2.75, 3.05) is 0 Å². The molecule has 0 aliphatic rings. The molecule has 1 aromatic heterocycles. The normalized spacial score (nSPS) is 11.0. The lowest BCUT2D eigenvalue weighted by molar-refractivity contribution is 0.797. The molecule has 2 N–H and O–H groups in total. The highest BCUT2D eigenvalue weighted by molar-refractivity contribution is 6.35. The summed E-state index contributed by atoms with van der Waals surface area (Å²) in [6, 6.07) is 15.8. The molecule has 23 heavy (non-hydrogen) atoms. The summed E-state index contributed by atoms with van der Waals surface area (Å²) in [5.41, 5.74) is 10.9. The molecule has 0 unspecified atom stereocenters. The Morgan fingerprint density at radius 2 is 1.91 bits per heavy atom. The summed E-state index contributed by atoms with van der Waals surface area (Å²) in [5, 5.41) is 5.74. The second-order valence-corrected chi connectivity index (χ2v) is 6.35. The van der Waals surface area contributed by atoms with Gasteiger partial charge in [0.2, 0.25) is 0 Å². The SMILES string of the molecule is Cc1cccc(Cc2cc(CN)nn2-c2ccc(Cl)cc2Cl)c1. The third kappa shape index (κ3) is 3.58. The summed E-state index contributed by atoms with van der Waals surface area (Å²) in [4.78, 5) is 0. The molecule has 0 fully saturated rings. The van der Waals surface area contributed by atoms with Gasteiger partial charge in [-0.05, 0) is 36.8 Å². The van der Waals surface area contributed by atoms with Gasteiger partial charge < -0.3 is 5.73 Å². The van der Waals surface area contributed by atoms with Gasteiger partial charge in [-0.15, -0.1) is 0 Å². The van der Waals surface area contributed by atoms with E-state index in [0.717, 1.165) is 23.5 Å². The maximum atomic E-state index is 6.34. The van der Waals surface area contributed by atoms with Crippen LogP contribution in [0.1, 0.15) is 22.5 Å². The minimum Gasteiger partial charge on any atom is -0.325 e. The highest BCUT2D eigenvalue weighted by Gasteiger charge is 2.13. The summed E-state index contributed by atoms with van der Waals surface area (Å²) in [7, 11) is 0. The van der Waals surface area contributed by atoms with Crippen LogP contribution < -0.4 is 5.73 Å². The molecule has 0 aliphatic heterocycles. The fourth-order valence-corrected chi connectivity index (χ4v) is 3.08. The molecule has 118 valence electrons. The van der Waals surface area contributed by atoms with E-state index in [-0.39, 0.29) is 0 Å². The number of aryl methyl sites for hydroxylation is 1. The van der Waals surface area contributed by atoms with Crippen LogP contribution in [0.4, 0.5) is 0 Å². The summed E-state index contributed by atoms with van der Waals surface area (Å²) < 4.78 is 1.85. The van der Waals surface area contributed by atoms with Gasteiger partial charge in [0.05, 0.1) is 16.4 Å². The van der Waals surface area contributed by atoms with E-state index in [4.69, 9.17) is 28.9 Å². The first kappa shape index (κ1) is 16.1. The Balaban J connectivity index is 2.05. The number of nitrogens with zero attached hydrogens (tertiary/aromatic N) is 2. The number of aromatic nitrogens is 2. The van der Waals surface area contributed by atoms with E-state index < -0.39 is 0 Å². The maximum Gasteiger partial charge on any atom is 0.0836 e. The number of halogens is 2. The zero-order chi connectivity index (χ0) is 16.4. The molecule has 5 heteroatoms. The highest BCUT2D eigenvalue weighted by atomic mass is 35.5. The van der Waals surface area contributed by atoms with Crippen molar-refractivity contribution in [3.05, 3.63) is 81.1 Å². The van der Waals surface area contributed by atoms with Crippen molar-refractivity contribution < 1.29 is 0 Å². The Bertz CT molecular complexity index is 840. The van der Waals surface area contributed by atoms with Gasteiger partial charge in [-0.2, -0.15) is 5.10 Å². The predicted octanol–water partition coefficient (Wildman–Crippen LogP) is 4.54. The summed E-state index contributed by atoms with van der Waals surface area (Å²) in [6.45, 7) is 2.47. The van der Waals surface area contributed by atoms with E-state index in [1.54, 1.807) is 6.07 Å². The van der Waals surface area contributed by atoms with Crippen LogP contribution in [-0.2, 0) is 13.0 Å². The molecule has 3 aromatic rings. The first-order valence-corrected chi connectivity index (χ1v) is 8.11. The smallest absolute Gasteiger partial charge is 0.0836 e. The van der Waals surface area contributed by atoms with Gasteiger partial charge in [-0.25, -0.2) is 4.68 Å². The van der Waals surface area contributed by atoms with E-state index in [1.165, 1.54) is 11.1 Å². The summed E-state index contributed by atoms with van der Waals surface area (Å²) >= 11 is 12.3.